The molecular formula is C13H13BrF3N3. The Morgan fingerprint density at radius 3 is 2.50 bits per heavy atom. The molecule has 0 bridgehead atoms. The molecule has 20 heavy (non-hydrogen) atoms. The van der Waals surface area contributed by atoms with E-state index in [1.165, 1.54) is 6.07 Å². The summed E-state index contributed by atoms with van der Waals surface area (Å²) in [4.78, 5) is 0. The standard InChI is InChI=1S/C13H13BrF3N3/c1-18-12(11-5-6-19-20(11)2)9-4-3-8(14)7-10(9)13(15,16)17/h3-7,12,18H,1-2H3. The van der Waals surface area contributed by atoms with E-state index >= 15 is 0 Å². The molecule has 0 aliphatic rings. The number of alkyl halides is 3. The molecule has 3 nitrogen and oxygen atoms in total. The Bertz CT molecular complexity index is 607. The fourth-order valence-electron chi connectivity index (χ4n) is 2.16. The van der Waals surface area contributed by atoms with Gasteiger partial charge in [-0.25, -0.2) is 0 Å². The molecule has 0 saturated carbocycles. The van der Waals surface area contributed by atoms with Crippen molar-refractivity contribution in [1.29, 1.82) is 0 Å². The molecular weight excluding hydrogens is 335 g/mol. The number of hydrogen-bond acceptors (Lipinski definition) is 2. The van der Waals surface area contributed by atoms with Crippen LogP contribution in [0.3, 0.4) is 0 Å². The van der Waals surface area contributed by atoms with Crippen LogP contribution in [0.1, 0.15) is 22.9 Å². The first-order chi connectivity index (χ1) is 9.34. The zero-order valence-corrected chi connectivity index (χ0v) is 12.5. The normalized spacial score (nSPS) is 13.5. The van der Waals surface area contributed by atoms with Crippen LogP contribution in [-0.2, 0) is 13.2 Å². The van der Waals surface area contributed by atoms with Gasteiger partial charge in [-0.2, -0.15) is 18.3 Å². The molecule has 1 aromatic carbocycles. The lowest BCUT2D eigenvalue weighted by Gasteiger charge is -2.22. The number of aryl methyl sites for hydroxylation is 1. The van der Waals surface area contributed by atoms with Crippen LogP contribution < -0.4 is 5.32 Å². The van der Waals surface area contributed by atoms with Crippen molar-refractivity contribution in [2.45, 2.75) is 12.2 Å². The molecule has 1 heterocycles. The van der Waals surface area contributed by atoms with Gasteiger partial charge in [0.05, 0.1) is 17.3 Å². The highest BCUT2D eigenvalue weighted by Crippen LogP contribution is 2.37. The topological polar surface area (TPSA) is 29.9 Å². The van der Waals surface area contributed by atoms with Gasteiger partial charge in [-0.3, -0.25) is 4.68 Å². The van der Waals surface area contributed by atoms with E-state index in [0.29, 0.717) is 10.2 Å². The number of benzene rings is 1. The van der Waals surface area contributed by atoms with Crippen LogP contribution in [0, 0.1) is 0 Å². The first kappa shape index (κ1) is 15.1. The van der Waals surface area contributed by atoms with Crippen molar-refractivity contribution in [3.05, 3.63) is 51.8 Å². The molecule has 1 aromatic heterocycles. The second-order valence-corrected chi connectivity index (χ2v) is 5.25. The van der Waals surface area contributed by atoms with Gasteiger partial charge >= 0.3 is 6.18 Å². The predicted molar refractivity (Wildman–Crippen MR) is 73.3 cm³/mol. The maximum absolute atomic E-state index is 13.2. The first-order valence-corrected chi connectivity index (χ1v) is 6.65. The minimum absolute atomic E-state index is 0.173. The van der Waals surface area contributed by atoms with Crippen molar-refractivity contribution in [3.8, 4) is 0 Å². The second-order valence-electron chi connectivity index (χ2n) is 4.33. The zero-order valence-electron chi connectivity index (χ0n) is 10.9. The van der Waals surface area contributed by atoms with Gasteiger partial charge in [-0.05, 0) is 30.8 Å². The van der Waals surface area contributed by atoms with Gasteiger partial charge in [0, 0.05) is 17.7 Å². The second kappa shape index (κ2) is 5.57. The van der Waals surface area contributed by atoms with E-state index in [1.807, 2.05) is 0 Å². The summed E-state index contributed by atoms with van der Waals surface area (Å²) in [6.07, 6.45) is -2.85. The van der Waals surface area contributed by atoms with Crippen LogP contribution in [0.5, 0.6) is 0 Å². The minimum atomic E-state index is -4.41. The highest BCUT2D eigenvalue weighted by Gasteiger charge is 2.36. The summed E-state index contributed by atoms with van der Waals surface area (Å²) in [5, 5.41) is 6.92. The van der Waals surface area contributed by atoms with Gasteiger partial charge in [0.2, 0.25) is 0 Å². The van der Waals surface area contributed by atoms with Crippen LogP contribution in [-0.4, -0.2) is 16.8 Å². The maximum Gasteiger partial charge on any atom is 0.416 e. The van der Waals surface area contributed by atoms with Crippen molar-refractivity contribution in [1.82, 2.24) is 15.1 Å². The Morgan fingerprint density at radius 2 is 2.00 bits per heavy atom. The Labute approximate surface area is 122 Å². The monoisotopic (exact) mass is 347 g/mol. The number of rotatable bonds is 3. The molecule has 1 N–H and O–H groups in total. The van der Waals surface area contributed by atoms with Gasteiger partial charge in [-0.1, -0.05) is 22.0 Å². The molecule has 0 radical (unpaired) electrons. The SMILES string of the molecule is CNC(c1ccc(Br)cc1C(F)(F)F)c1ccnn1C. The maximum atomic E-state index is 13.2. The Hall–Kier alpha value is -1.34. The molecule has 0 amide bonds. The first-order valence-electron chi connectivity index (χ1n) is 5.86. The summed E-state index contributed by atoms with van der Waals surface area (Å²) in [5.74, 6) is 0. The lowest BCUT2D eigenvalue weighted by atomic mass is 9.97. The third-order valence-corrected chi connectivity index (χ3v) is 3.57. The number of nitrogens with one attached hydrogen (secondary N) is 1. The summed E-state index contributed by atoms with van der Waals surface area (Å²) in [6, 6.07) is 5.29. The largest absolute Gasteiger partial charge is 0.416 e. The molecule has 0 spiro atoms. The van der Waals surface area contributed by atoms with E-state index in [2.05, 4.69) is 26.3 Å². The highest BCUT2D eigenvalue weighted by atomic mass is 79.9. The Kier molecular flexibility index (Phi) is 4.19. The number of hydrogen-bond donors (Lipinski definition) is 1. The van der Waals surface area contributed by atoms with Crippen molar-refractivity contribution >= 4 is 15.9 Å². The van der Waals surface area contributed by atoms with Gasteiger partial charge in [0.1, 0.15) is 0 Å². The van der Waals surface area contributed by atoms with Crippen LogP contribution in [0.2, 0.25) is 0 Å². The third-order valence-electron chi connectivity index (χ3n) is 3.08. The Balaban J connectivity index is 2.59. The molecule has 1 unspecified atom stereocenters. The van der Waals surface area contributed by atoms with Gasteiger partial charge in [-0.15, -0.1) is 0 Å². The zero-order chi connectivity index (χ0) is 14.9. The van der Waals surface area contributed by atoms with Crippen molar-refractivity contribution in [2.24, 2.45) is 7.05 Å². The van der Waals surface area contributed by atoms with E-state index < -0.39 is 17.8 Å². The summed E-state index contributed by atoms with van der Waals surface area (Å²) in [7, 11) is 3.33. The van der Waals surface area contributed by atoms with Gasteiger partial charge < -0.3 is 5.32 Å². The summed E-state index contributed by atoms with van der Waals surface area (Å²) in [6.45, 7) is 0. The molecule has 0 saturated heterocycles. The molecule has 7 heteroatoms. The third kappa shape index (κ3) is 2.88. The lowest BCUT2D eigenvalue weighted by molar-refractivity contribution is -0.138. The molecule has 2 rings (SSSR count). The van der Waals surface area contributed by atoms with E-state index in [-0.39, 0.29) is 5.56 Å². The molecule has 108 valence electrons. The fraction of sp³-hybridized carbons (Fsp3) is 0.308. The lowest BCUT2D eigenvalue weighted by Crippen LogP contribution is -2.24. The summed E-state index contributed by atoms with van der Waals surface area (Å²) < 4.78 is 41.5. The highest BCUT2D eigenvalue weighted by molar-refractivity contribution is 9.10. The fourth-order valence-corrected chi connectivity index (χ4v) is 2.52. The minimum Gasteiger partial charge on any atom is -0.308 e. The van der Waals surface area contributed by atoms with Crippen molar-refractivity contribution in [2.75, 3.05) is 7.05 Å². The number of aromatic nitrogens is 2. The Morgan fingerprint density at radius 1 is 1.30 bits per heavy atom. The number of halogens is 4. The van der Waals surface area contributed by atoms with Crippen LogP contribution >= 0.6 is 15.9 Å². The van der Waals surface area contributed by atoms with E-state index in [9.17, 15) is 13.2 Å². The molecule has 0 aliphatic heterocycles. The average molecular weight is 348 g/mol. The van der Waals surface area contributed by atoms with Crippen LogP contribution in [0.4, 0.5) is 13.2 Å². The summed E-state index contributed by atoms with van der Waals surface area (Å²) in [5.41, 5.74) is 0.180. The van der Waals surface area contributed by atoms with Gasteiger partial charge in [0.15, 0.2) is 0 Å². The average Bonchev–Trinajstić information content (AvgIpc) is 2.77. The molecule has 0 aliphatic carbocycles. The molecule has 1 atom stereocenters. The summed E-state index contributed by atoms with van der Waals surface area (Å²) >= 11 is 3.09. The quantitative estimate of drug-likeness (QED) is 0.920. The van der Waals surface area contributed by atoms with Crippen LogP contribution in [0.15, 0.2) is 34.9 Å². The van der Waals surface area contributed by atoms with E-state index in [4.69, 9.17) is 0 Å². The van der Waals surface area contributed by atoms with E-state index in [1.54, 1.807) is 37.1 Å². The predicted octanol–water partition coefficient (Wildman–Crippen LogP) is 3.51. The molecule has 2 aromatic rings. The van der Waals surface area contributed by atoms with Gasteiger partial charge in [0.25, 0.3) is 0 Å². The molecule has 0 fully saturated rings. The van der Waals surface area contributed by atoms with Crippen LogP contribution in [0.25, 0.3) is 0 Å². The number of nitrogens with zero attached hydrogens (tertiary/aromatic N) is 2. The van der Waals surface area contributed by atoms with E-state index in [0.717, 1.165) is 6.07 Å². The van der Waals surface area contributed by atoms with Crippen molar-refractivity contribution in [3.63, 3.8) is 0 Å². The smallest absolute Gasteiger partial charge is 0.308 e. The van der Waals surface area contributed by atoms with Crippen molar-refractivity contribution < 1.29 is 13.2 Å².